The molecule has 1 aliphatic carbocycles. The van der Waals surface area contributed by atoms with E-state index in [0.29, 0.717) is 19.4 Å². The summed E-state index contributed by atoms with van der Waals surface area (Å²) in [6.07, 6.45) is 2.95. The van der Waals surface area contributed by atoms with Crippen LogP contribution in [0.1, 0.15) is 31.2 Å². The van der Waals surface area contributed by atoms with Gasteiger partial charge in [0.1, 0.15) is 11.4 Å². The molecule has 1 amide bonds. The van der Waals surface area contributed by atoms with Crippen molar-refractivity contribution in [2.45, 2.75) is 37.8 Å². The fourth-order valence-corrected chi connectivity index (χ4v) is 2.38. The smallest absolute Gasteiger partial charge is 0.252 e. The second-order valence-corrected chi connectivity index (χ2v) is 4.73. The van der Waals surface area contributed by atoms with Crippen molar-refractivity contribution in [1.82, 2.24) is 5.32 Å². The van der Waals surface area contributed by atoms with E-state index in [4.69, 9.17) is 4.74 Å². The molecule has 18 heavy (non-hydrogen) atoms. The maximum absolute atomic E-state index is 11.9. The molecule has 2 rings (SSSR count). The van der Waals surface area contributed by atoms with Crippen LogP contribution >= 0.6 is 0 Å². The summed E-state index contributed by atoms with van der Waals surface area (Å²) in [6.45, 7) is 0.380. The number of para-hydroxylation sites is 1. The average molecular weight is 249 g/mol. The molecule has 0 spiro atoms. The predicted molar refractivity (Wildman–Crippen MR) is 68.3 cm³/mol. The highest BCUT2D eigenvalue weighted by Crippen LogP contribution is 2.29. The Bertz CT molecular complexity index is 425. The van der Waals surface area contributed by atoms with E-state index < -0.39 is 5.60 Å². The lowest BCUT2D eigenvalue weighted by atomic mass is 10.0. The lowest BCUT2D eigenvalue weighted by Crippen LogP contribution is -2.44. The number of hydrogen-bond donors (Lipinski definition) is 2. The van der Waals surface area contributed by atoms with Gasteiger partial charge in [0.05, 0.1) is 7.11 Å². The molecule has 0 bridgehead atoms. The number of aliphatic hydroxyl groups is 1. The molecule has 1 aromatic carbocycles. The molecule has 4 nitrogen and oxygen atoms in total. The van der Waals surface area contributed by atoms with Crippen molar-refractivity contribution in [2.24, 2.45) is 0 Å². The molecule has 0 aliphatic heterocycles. The van der Waals surface area contributed by atoms with Gasteiger partial charge in [-0.1, -0.05) is 18.2 Å². The van der Waals surface area contributed by atoms with E-state index in [2.05, 4.69) is 5.32 Å². The fraction of sp³-hybridized carbons (Fsp3) is 0.500. The first-order valence-electron chi connectivity index (χ1n) is 6.28. The zero-order valence-corrected chi connectivity index (χ0v) is 10.6. The quantitative estimate of drug-likeness (QED) is 0.852. The van der Waals surface area contributed by atoms with E-state index in [1.807, 2.05) is 24.3 Å². The highest BCUT2D eigenvalue weighted by atomic mass is 16.5. The normalized spacial score (nSPS) is 17.4. The average Bonchev–Trinajstić information content (AvgIpc) is 2.84. The maximum atomic E-state index is 11.9. The van der Waals surface area contributed by atoms with Crippen LogP contribution in [0, 0.1) is 0 Å². The van der Waals surface area contributed by atoms with Gasteiger partial charge in [-0.2, -0.15) is 0 Å². The van der Waals surface area contributed by atoms with E-state index >= 15 is 0 Å². The molecule has 0 aromatic heterocycles. The monoisotopic (exact) mass is 249 g/mol. The van der Waals surface area contributed by atoms with E-state index in [9.17, 15) is 9.90 Å². The summed E-state index contributed by atoms with van der Waals surface area (Å²) in [6, 6.07) is 7.53. The molecular weight excluding hydrogens is 230 g/mol. The Morgan fingerprint density at radius 2 is 2.06 bits per heavy atom. The van der Waals surface area contributed by atoms with Gasteiger partial charge < -0.3 is 15.2 Å². The summed E-state index contributed by atoms with van der Waals surface area (Å²) in [5.41, 5.74) is -0.253. The van der Waals surface area contributed by atoms with Crippen molar-refractivity contribution in [3.05, 3.63) is 29.8 Å². The minimum atomic E-state index is -1.16. The van der Waals surface area contributed by atoms with Crippen molar-refractivity contribution in [1.29, 1.82) is 0 Å². The third-order valence-corrected chi connectivity index (χ3v) is 3.49. The van der Waals surface area contributed by atoms with Crippen molar-refractivity contribution in [3.63, 3.8) is 0 Å². The Balaban J connectivity index is 1.97. The third kappa shape index (κ3) is 2.64. The van der Waals surface area contributed by atoms with Crippen molar-refractivity contribution in [3.8, 4) is 5.75 Å². The van der Waals surface area contributed by atoms with Crippen molar-refractivity contribution < 1.29 is 14.6 Å². The lowest BCUT2D eigenvalue weighted by Gasteiger charge is -2.21. The summed E-state index contributed by atoms with van der Waals surface area (Å²) in [5, 5.41) is 12.9. The van der Waals surface area contributed by atoms with E-state index in [1.165, 1.54) is 0 Å². The Morgan fingerprint density at radius 1 is 1.39 bits per heavy atom. The van der Waals surface area contributed by atoms with Crippen LogP contribution < -0.4 is 10.1 Å². The SMILES string of the molecule is COc1ccccc1CNC(=O)C1(O)CCCC1. The van der Waals surface area contributed by atoms with Gasteiger partial charge in [-0.05, 0) is 31.7 Å². The van der Waals surface area contributed by atoms with Gasteiger partial charge in [0.25, 0.3) is 5.91 Å². The van der Waals surface area contributed by atoms with Crippen LogP contribution in [0.4, 0.5) is 0 Å². The second-order valence-electron chi connectivity index (χ2n) is 4.73. The Labute approximate surface area is 107 Å². The number of nitrogens with one attached hydrogen (secondary N) is 1. The summed E-state index contributed by atoms with van der Waals surface area (Å²) < 4.78 is 5.21. The number of carbonyl (C=O) groups is 1. The van der Waals surface area contributed by atoms with Gasteiger partial charge >= 0.3 is 0 Å². The summed E-state index contributed by atoms with van der Waals surface area (Å²) in [4.78, 5) is 11.9. The number of ether oxygens (including phenoxy) is 1. The number of benzene rings is 1. The maximum Gasteiger partial charge on any atom is 0.252 e. The standard InChI is InChI=1S/C14H19NO3/c1-18-12-7-3-2-6-11(12)10-15-13(16)14(17)8-4-5-9-14/h2-3,6-7,17H,4-5,8-10H2,1H3,(H,15,16). The molecule has 0 saturated heterocycles. The van der Waals surface area contributed by atoms with Crippen LogP contribution in [0.5, 0.6) is 5.75 Å². The van der Waals surface area contributed by atoms with Crippen molar-refractivity contribution >= 4 is 5.91 Å². The minimum absolute atomic E-state index is 0.272. The van der Waals surface area contributed by atoms with Crippen LogP contribution in [0.15, 0.2) is 24.3 Å². The van der Waals surface area contributed by atoms with Gasteiger partial charge in [-0.15, -0.1) is 0 Å². The summed E-state index contributed by atoms with van der Waals surface area (Å²) in [5.74, 6) is 0.474. The summed E-state index contributed by atoms with van der Waals surface area (Å²) >= 11 is 0. The molecular formula is C14H19NO3. The van der Waals surface area contributed by atoms with Gasteiger partial charge in [0.15, 0.2) is 0 Å². The topological polar surface area (TPSA) is 58.6 Å². The predicted octanol–water partition coefficient (Wildman–Crippen LogP) is 1.62. The fourth-order valence-electron chi connectivity index (χ4n) is 2.38. The first kappa shape index (κ1) is 12.9. The molecule has 2 N–H and O–H groups in total. The van der Waals surface area contributed by atoms with Crippen LogP contribution in [0.3, 0.4) is 0 Å². The Morgan fingerprint density at radius 3 is 2.72 bits per heavy atom. The van der Waals surface area contributed by atoms with Gasteiger partial charge in [0.2, 0.25) is 0 Å². The van der Waals surface area contributed by atoms with E-state index in [-0.39, 0.29) is 5.91 Å². The molecule has 0 atom stereocenters. The number of rotatable bonds is 4. The molecule has 1 aliphatic rings. The zero-order chi connectivity index (χ0) is 13.0. The number of amides is 1. The zero-order valence-electron chi connectivity index (χ0n) is 10.6. The van der Waals surface area contributed by atoms with Gasteiger partial charge in [-0.25, -0.2) is 0 Å². The molecule has 98 valence electrons. The van der Waals surface area contributed by atoms with Crippen LogP contribution in [-0.4, -0.2) is 23.7 Å². The minimum Gasteiger partial charge on any atom is -0.496 e. The third-order valence-electron chi connectivity index (χ3n) is 3.49. The molecule has 0 unspecified atom stereocenters. The number of methoxy groups -OCH3 is 1. The van der Waals surface area contributed by atoms with E-state index in [0.717, 1.165) is 24.2 Å². The largest absolute Gasteiger partial charge is 0.496 e. The molecule has 0 radical (unpaired) electrons. The molecule has 1 aromatic rings. The highest BCUT2D eigenvalue weighted by Gasteiger charge is 2.38. The first-order chi connectivity index (χ1) is 8.65. The molecule has 0 heterocycles. The van der Waals surface area contributed by atoms with Crippen LogP contribution in [0.2, 0.25) is 0 Å². The Hall–Kier alpha value is -1.55. The number of carbonyl (C=O) groups excluding carboxylic acids is 1. The van der Waals surface area contributed by atoms with E-state index in [1.54, 1.807) is 7.11 Å². The van der Waals surface area contributed by atoms with Crippen LogP contribution in [-0.2, 0) is 11.3 Å². The number of hydrogen-bond acceptors (Lipinski definition) is 3. The van der Waals surface area contributed by atoms with Gasteiger partial charge in [-0.3, -0.25) is 4.79 Å². The van der Waals surface area contributed by atoms with Crippen LogP contribution in [0.25, 0.3) is 0 Å². The molecule has 4 heteroatoms. The van der Waals surface area contributed by atoms with Gasteiger partial charge in [0, 0.05) is 12.1 Å². The molecule has 1 fully saturated rings. The second kappa shape index (κ2) is 5.40. The molecule has 1 saturated carbocycles. The lowest BCUT2D eigenvalue weighted by molar-refractivity contribution is -0.139. The first-order valence-corrected chi connectivity index (χ1v) is 6.28. The highest BCUT2D eigenvalue weighted by molar-refractivity contribution is 5.85. The summed E-state index contributed by atoms with van der Waals surface area (Å²) in [7, 11) is 1.60. The Kier molecular flexibility index (Phi) is 3.87. The van der Waals surface area contributed by atoms with Crippen molar-refractivity contribution in [2.75, 3.05) is 7.11 Å².